The third-order valence-corrected chi connectivity index (χ3v) is 18.5. The highest BCUT2D eigenvalue weighted by Gasteiger charge is 2.56. The van der Waals surface area contributed by atoms with Crippen molar-refractivity contribution in [2.45, 2.75) is 58.2 Å². The van der Waals surface area contributed by atoms with Crippen molar-refractivity contribution >= 4 is 338 Å². The first-order valence-corrected chi connectivity index (χ1v) is 32.9. The third kappa shape index (κ3) is 27.6. The molecule has 0 spiro atoms. The zero-order valence-electron chi connectivity index (χ0n) is 54.7. The van der Waals surface area contributed by atoms with Crippen LogP contribution in [-0.4, -0.2) is 408 Å². The SMILES string of the molecule is CC1(C)OB(c2ccc(N3CCCN(C=O)CC3)nc2)OC1(C)C.Fc1ccc(Br)cn1.O=CN1CCCN(c2ccc(Br)cn2)CC1.O=CN1CCCNCC1.[B][B]B(B([B])[B])B(B(B([B])[B])B([B])[B])B(B(B([B])[B])B([B])[B])B(B(B([B])[B])B([B])[B])B(B([B])[B])B([B])[B]. The Morgan fingerprint density at radius 3 is 1.18 bits per heavy atom. The van der Waals surface area contributed by atoms with E-state index in [1.54, 1.807) is 17.2 Å². The summed E-state index contributed by atoms with van der Waals surface area (Å²) in [6, 6.07) is 10.9. The maximum atomic E-state index is 12.0. The van der Waals surface area contributed by atoms with Gasteiger partial charge in [0.25, 0.3) is 0 Å². The molecule has 4 saturated heterocycles. The maximum absolute atomic E-state index is 12.0. The lowest BCUT2D eigenvalue weighted by Crippen LogP contribution is -2.91. The number of carbonyl (C=O) groups is 3. The molecule has 3 aromatic rings. The summed E-state index contributed by atoms with van der Waals surface area (Å²) in [7, 11) is 118. The van der Waals surface area contributed by atoms with Gasteiger partial charge in [-0.2, -0.15) is 4.39 Å². The molecule has 4 aliphatic rings. The van der Waals surface area contributed by atoms with Crippen molar-refractivity contribution in [3.63, 3.8) is 0 Å². The lowest BCUT2D eigenvalue weighted by molar-refractivity contribution is -0.118. The minimum absolute atomic E-state index is 0.348. The molecule has 0 aliphatic carbocycles. The van der Waals surface area contributed by atoms with Crippen LogP contribution in [0.2, 0.25) is 0 Å². The van der Waals surface area contributed by atoms with Gasteiger partial charge in [0.15, 0.2) is 0 Å². The number of anilines is 2. The fourth-order valence-corrected chi connectivity index (χ4v) is 12.5. The first-order chi connectivity index (χ1) is 44.2. The van der Waals surface area contributed by atoms with E-state index in [4.69, 9.17) is 156 Å². The molecule has 3 aromatic heterocycles. The Hall–Kier alpha value is -1.30. The molecule has 3 amide bonds. The smallest absolute Gasteiger partial charge is 0.399 e. The normalized spacial score (nSPS) is 15.4. The standard InChI is InChI=1S/C17H26BN3O3.C11H14BrN3O.C6H12N2O.C5H3BrFN.B37/c1-16(2)17(3,4)24-18(23-16)14-6-7-15(19-12-14)21-9-5-8-20(13-22)10-11-21;12-10-2-3-11(13-8-10)15-5-1-4-14(9-16)6-7-15;9-6-8-4-1-2-7-3-5-8;6-4-1-2-5(7)8-3-4;1-20-30(21(2)3)35(31(22(4)5)23(6)7)37(34(28(16)17)29(18)19)36(32(24(8)9)25(10)11)33(26(12)13)27(14)15/h6-7,12-13H,5,8-11H2,1-4H3;2-3,8-9H,1,4-7H2;6-7H,1-5H2;1-3H;. The van der Waals surface area contributed by atoms with E-state index >= 15 is 0 Å². The molecule has 4 aliphatic heterocycles. The minimum atomic E-state index is -1.17. The van der Waals surface area contributed by atoms with Crippen molar-refractivity contribution < 1.29 is 28.1 Å². The van der Waals surface area contributed by atoms with E-state index in [1.807, 2.05) is 68.0 Å². The van der Waals surface area contributed by atoms with Gasteiger partial charge in [-0.05, 0) is 116 Å². The number of nitrogens with zero attached hydrogens (tertiary/aromatic N) is 8. The van der Waals surface area contributed by atoms with E-state index in [9.17, 15) is 18.8 Å². The number of halogens is 3. The van der Waals surface area contributed by atoms with E-state index in [2.05, 4.69) is 61.9 Å². The van der Waals surface area contributed by atoms with E-state index in [0.29, 0.717) is 0 Å². The summed E-state index contributed by atoms with van der Waals surface area (Å²) >= 11 is 6.49. The van der Waals surface area contributed by atoms with Gasteiger partial charge in [-0.15, -0.1) is 0 Å². The average molecular weight is 1320 g/mol. The summed E-state index contributed by atoms with van der Waals surface area (Å²) in [5, 5.41) is 3.21. The highest BCUT2D eigenvalue weighted by molar-refractivity contribution is 9.10. The predicted octanol–water partition coefficient (Wildman–Crippen LogP) is -10.1. The molecule has 0 saturated carbocycles. The molecule has 421 valence electrons. The molecule has 94 heavy (non-hydrogen) atoms. The maximum Gasteiger partial charge on any atom is 0.496 e. The van der Waals surface area contributed by atoms with Crippen LogP contribution >= 0.6 is 31.9 Å². The fourth-order valence-electron chi connectivity index (χ4n) is 12.0. The zero-order valence-corrected chi connectivity index (χ0v) is 57.9. The quantitative estimate of drug-likeness (QED) is 0.0552. The Bertz CT molecular complexity index is 2530. The van der Waals surface area contributed by atoms with Crippen molar-refractivity contribution in [2.75, 3.05) is 88.3 Å². The molecule has 0 unspecified atom stereocenters. The van der Waals surface area contributed by atoms with Gasteiger partial charge in [-0.3, -0.25) is 14.4 Å². The Morgan fingerprint density at radius 2 is 0.840 bits per heavy atom. The zero-order chi connectivity index (χ0) is 70.8. The van der Waals surface area contributed by atoms with Gasteiger partial charge >= 0.3 is 7.12 Å². The molecular formula is C39H55B38Br2FN9O5. The summed E-state index contributed by atoms with van der Waals surface area (Å²) in [5.41, 5.74) is 0.237. The monoisotopic (exact) mass is 1320 g/mol. The van der Waals surface area contributed by atoms with Crippen LogP contribution < -0.4 is 20.6 Å². The first kappa shape index (κ1) is 86.9. The molecule has 0 atom stereocenters. The first-order valence-electron chi connectivity index (χ1n) is 31.3. The number of hydrogen-bond donors (Lipinski definition) is 1. The van der Waals surface area contributed by atoms with Crippen molar-refractivity contribution in [1.29, 1.82) is 0 Å². The highest BCUT2D eigenvalue weighted by Crippen LogP contribution is 2.36. The molecule has 7 rings (SSSR count). The summed E-state index contributed by atoms with van der Waals surface area (Å²) in [4.78, 5) is 54.0. The summed E-state index contributed by atoms with van der Waals surface area (Å²) in [6.07, 6.45) is -7.07. The highest BCUT2D eigenvalue weighted by atomic mass is 79.9. The predicted molar refractivity (Wildman–Crippen MR) is 441 cm³/mol. The topological polar surface area (TPSA) is 137 Å². The van der Waals surface area contributed by atoms with Gasteiger partial charge in [-0.25, -0.2) is 15.0 Å². The number of amides is 3. The fraction of sp³-hybridized carbons (Fsp3) is 0.538. The molecule has 0 aromatic carbocycles. The minimum Gasteiger partial charge on any atom is -0.399 e. The van der Waals surface area contributed by atoms with E-state index in [0.717, 1.165) is 143 Å². The molecule has 0 bridgehead atoms. The van der Waals surface area contributed by atoms with Gasteiger partial charge < -0.3 is 39.1 Å². The van der Waals surface area contributed by atoms with E-state index < -0.39 is 114 Å². The van der Waals surface area contributed by atoms with Gasteiger partial charge in [0, 0.05) is 368 Å². The van der Waals surface area contributed by atoms with Crippen molar-refractivity contribution in [2.24, 2.45) is 0 Å². The molecule has 55 heteroatoms. The molecule has 39 radical (unpaired) electrons. The Labute approximate surface area is 612 Å². The molecule has 7 heterocycles. The van der Waals surface area contributed by atoms with Crippen LogP contribution in [0.1, 0.15) is 47.0 Å². The Balaban J connectivity index is 0.000000341. The van der Waals surface area contributed by atoms with E-state index in [-0.39, 0.29) is 18.3 Å². The van der Waals surface area contributed by atoms with Crippen molar-refractivity contribution in [1.82, 2.24) is 35.0 Å². The molecule has 14 nitrogen and oxygen atoms in total. The molecular weight excluding hydrogens is 1260 g/mol. The second-order valence-corrected chi connectivity index (χ2v) is 26.7. The van der Waals surface area contributed by atoms with Crippen LogP contribution in [-0.2, 0) is 23.7 Å². The lowest BCUT2D eigenvalue weighted by Gasteiger charge is -2.53. The van der Waals surface area contributed by atoms with Gasteiger partial charge in [0.1, 0.15) is 11.6 Å². The van der Waals surface area contributed by atoms with Crippen LogP contribution in [0.4, 0.5) is 16.0 Å². The van der Waals surface area contributed by atoms with Crippen LogP contribution in [0.15, 0.2) is 63.9 Å². The van der Waals surface area contributed by atoms with Gasteiger partial charge in [0.2, 0.25) is 25.2 Å². The summed E-state index contributed by atoms with van der Waals surface area (Å²) < 4.78 is 25.9. The van der Waals surface area contributed by atoms with Crippen molar-refractivity contribution in [3.05, 3.63) is 69.9 Å². The molecule has 4 fully saturated rings. The lowest BCUT2D eigenvalue weighted by atomic mass is 8.28. The van der Waals surface area contributed by atoms with Gasteiger partial charge in [-0.1, -0.05) is 6.07 Å². The number of carbonyl (C=O) groups excluding carboxylic acids is 3. The third-order valence-electron chi connectivity index (χ3n) is 17.6. The van der Waals surface area contributed by atoms with Gasteiger partial charge in [0.05, 0.1) is 11.2 Å². The Kier molecular flexibility index (Phi) is 40.2. The van der Waals surface area contributed by atoms with Crippen LogP contribution in [0, 0.1) is 5.95 Å². The number of nitrogens with one attached hydrogen (secondary N) is 1. The van der Waals surface area contributed by atoms with Crippen LogP contribution in [0.3, 0.4) is 0 Å². The van der Waals surface area contributed by atoms with E-state index in [1.165, 1.54) is 19.3 Å². The number of pyridine rings is 3. The van der Waals surface area contributed by atoms with Crippen LogP contribution in [0.25, 0.3) is 0 Å². The number of aromatic nitrogens is 3. The molecule has 1 N–H and O–H groups in total. The number of hydrogen-bond acceptors (Lipinski definition) is 11. The Morgan fingerprint density at radius 1 is 0.468 bits per heavy atom. The largest absolute Gasteiger partial charge is 0.496 e. The number of rotatable bonds is 23. The summed E-state index contributed by atoms with van der Waals surface area (Å²) in [5.74, 6) is 1.46. The van der Waals surface area contributed by atoms with Crippen LogP contribution in [0.5, 0.6) is 0 Å². The van der Waals surface area contributed by atoms with Crippen molar-refractivity contribution in [3.8, 4) is 0 Å². The average Bonchev–Trinajstić information content (AvgIpc) is 0.920. The second-order valence-electron chi connectivity index (χ2n) is 24.9. The second kappa shape index (κ2) is 43.5. The summed E-state index contributed by atoms with van der Waals surface area (Å²) in [6.45, 7) is 18.7.